The Hall–Kier alpha value is -1.06. The van der Waals surface area contributed by atoms with Gasteiger partial charge in [0.2, 0.25) is 0 Å². The zero-order valence-corrected chi connectivity index (χ0v) is 6.14. The molecule has 1 saturated heterocycles. The number of nitrogens with one attached hydrogen (secondary N) is 2. The van der Waals surface area contributed by atoms with Crippen LogP contribution < -0.4 is 5.32 Å². The van der Waals surface area contributed by atoms with Crippen LogP contribution in [0, 0.1) is 5.41 Å². The highest BCUT2D eigenvalue weighted by atomic mass is 16.6. The Balaban J connectivity index is 2.24. The lowest BCUT2D eigenvalue weighted by Gasteiger charge is -2.18. The van der Waals surface area contributed by atoms with Crippen molar-refractivity contribution in [1.82, 2.24) is 5.32 Å². The molecular weight excluding hydrogens is 144 g/mol. The molecular formula is C7H10N2O2. The minimum Gasteiger partial charge on any atom is -0.435 e. The second-order valence-electron chi connectivity index (χ2n) is 3.09. The van der Waals surface area contributed by atoms with E-state index in [1.54, 1.807) is 0 Å². The number of amides is 1. The molecule has 1 heterocycles. The van der Waals surface area contributed by atoms with E-state index in [0.717, 1.165) is 25.7 Å². The Kier molecular flexibility index (Phi) is 1.19. The van der Waals surface area contributed by atoms with Crippen molar-refractivity contribution in [3.63, 3.8) is 0 Å². The standard InChI is InChI=1S/C7H10N2O2/c8-5-7(3-1-2-4-7)11-6(10)9-5/h1-4H2,(H2,8,9,10). The third-order valence-electron chi connectivity index (χ3n) is 2.38. The maximum Gasteiger partial charge on any atom is 0.413 e. The summed E-state index contributed by atoms with van der Waals surface area (Å²) in [5.74, 6) is 0.250. The van der Waals surface area contributed by atoms with Crippen molar-refractivity contribution < 1.29 is 9.53 Å². The molecule has 0 aromatic heterocycles. The van der Waals surface area contributed by atoms with E-state index in [4.69, 9.17) is 10.1 Å². The zero-order chi connectivity index (χ0) is 7.90. The van der Waals surface area contributed by atoms with Gasteiger partial charge in [-0.25, -0.2) is 4.79 Å². The first-order valence-corrected chi connectivity index (χ1v) is 3.82. The van der Waals surface area contributed by atoms with Crippen LogP contribution in [0.5, 0.6) is 0 Å². The number of ether oxygens (including phenoxy) is 1. The first-order chi connectivity index (χ1) is 5.23. The molecule has 2 fully saturated rings. The molecule has 0 unspecified atom stereocenters. The van der Waals surface area contributed by atoms with Gasteiger partial charge in [0, 0.05) is 0 Å². The van der Waals surface area contributed by atoms with Gasteiger partial charge in [0.1, 0.15) is 5.84 Å². The Labute approximate surface area is 64.4 Å². The second-order valence-corrected chi connectivity index (χ2v) is 3.09. The summed E-state index contributed by atoms with van der Waals surface area (Å²) in [4.78, 5) is 10.7. The lowest BCUT2D eigenvalue weighted by molar-refractivity contribution is 0.0890. The lowest BCUT2D eigenvalue weighted by Crippen LogP contribution is -2.35. The number of rotatable bonds is 0. The molecule has 2 N–H and O–H groups in total. The van der Waals surface area contributed by atoms with Gasteiger partial charge in [0.15, 0.2) is 5.60 Å². The Morgan fingerprint density at radius 3 is 2.55 bits per heavy atom. The number of carbonyl (C=O) groups is 1. The van der Waals surface area contributed by atoms with E-state index in [2.05, 4.69) is 5.32 Å². The number of carbonyl (C=O) groups excluding carboxylic acids is 1. The summed E-state index contributed by atoms with van der Waals surface area (Å²) in [6.07, 6.45) is 3.26. The maximum atomic E-state index is 10.7. The van der Waals surface area contributed by atoms with Gasteiger partial charge >= 0.3 is 6.09 Å². The van der Waals surface area contributed by atoms with Gasteiger partial charge in [-0.15, -0.1) is 0 Å². The molecule has 1 spiro atoms. The number of amidine groups is 1. The average molecular weight is 154 g/mol. The molecule has 4 heteroatoms. The second kappa shape index (κ2) is 1.96. The van der Waals surface area contributed by atoms with Gasteiger partial charge in [-0.05, 0) is 25.7 Å². The van der Waals surface area contributed by atoms with E-state index in [9.17, 15) is 4.79 Å². The topological polar surface area (TPSA) is 62.2 Å². The van der Waals surface area contributed by atoms with Gasteiger partial charge in [0.25, 0.3) is 0 Å². The summed E-state index contributed by atoms with van der Waals surface area (Å²) >= 11 is 0. The molecule has 11 heavy (non-hydrogen) atoms. The van der Waals surface area contributed by atoms with Crippen LogP contribution in [0.15, 0.2) is 0 Å². The van der Waals surface area contributed by atoms with Crippen molar-refractivity contribution in [3.8, 4) is 0 Å². The third kappa shape index (κ3) is 0.818. The fourth-order valence-corrected chi connectivity index (χ4v) is 1.77. The van der Waals surface area contributed by atoms with Crippen LogP contribution in [0.1, 0.15) is 25.7 Å². The van der Waals surface area contributed by atoms with Gasteiger partial charge < -0.3 is 4.74 Å². The van der Waals surface area contributed by atoms with Crippen molar-refractivity contribution in [1.29, 1.82) is 5.41 Å². The molecule has 4 nitrogen and oxygen atoms in total. The lowest BCUT2D eigenvalue weighted by atomic mass is 10.0. The van der Waals surface area contributed by atoms with Crippen molar-refractivity contribution in [2.45, 2.75) is 31.3 Å². The van der Waals surface area contributed by atoms with Crippen LogP contribution in [-0.4, -0.2) is 17.5 Å². The highest BCUT2D eigenvalue weighted by Crippen LogP contribution is 2.36. The molecule has 0 radical (unpaired) electrons. The Morgan fingerprint density at radius 2 is 2.09 bits per heavy atom. The Bertz CT molecular complexity index is 218. The summed E-state index contributed by atoms with van der Waals surface area (Å²) in [6.45, 7) is 0. The summed E-state index contributed by atoms with van der Waals surface area (Å²) in [5.41, 5.74) is -0.558. The smallest absolute Gasteiger partial charge is 0.413 e. The summed E-state index contributed by atoms with van der Waals surface area (Å²) < 4.78 is 5.05. The number of hydrogen-bond donors (Lipinski definition) is 2. The van der Waals surface area contributed by atoms with E-state index in [0.29, 0.717) is 0 Å². The minimum absolute atomic E-state index is 0.250. The van der Waals surface area contributed by atoms with Gasteiger partial charge in [0.05, 0.1) is 0 Å². The van der Waals surface area contributed by atoms with Gasteiger partial charge in [-0.3, -0.25) is 10.7 Å². The molecule has 1 aliphatic carbocycles. The molecule has 1 saturated carbocycles. The first kappa shape index (κ1) is 6.64. The summed E-state index contributed by atoms with van der Waals surface area (Å²) in [6, 6.07) is 0. The van der Waals surface area contributed by atoms with Crippen LogP contribution in [0.3, 0.4) is 0 Å². The molecule has 60 valence electrons. The van der Waals surface area contributed by atoms with E-state index < -0.39 is 11.7 Å². The molecule has 2 aliphatic rings. The van der Waals surface area contributed by atoms with E-state index >= 15 is 0 Å². The normalized spacial score (nSPS) is 27.3. The molecule has 0 atom stereocenters. The molecule has 0 bridgehead atoms. The predicted octanol–water partition coefficient (Wildman–Crippen LogP) is 1.02. The van der Waals surface area contributed by atoms with Crippen molar-refractivity contribution in [2.75, 3.05) is 0 Å². The highest BCUT2D eigenvalue weighted by molar-refractivity contribution is 6.04. The van der Waals surface area contributed by atoms with Crippen LogP contribution in [-0.2, 0) is 4.74 Å². The van der Waals surface area contributed by atoms with Crippen molar-refractivity contribution >= 4 is 11.9 Å². The van der Waals surface area contributed by atoms with Crippen LogP contribution in [0.2, 0.25) is 0 Å². The quantitative estimate of drug-likeness (QED) is 0.547. The minimum atomic E-state index is -0.558. The van der Waals surface area contributed by atoms with Crippen molar-refractivity contribution in [3.05, 3.63) is 0 Å². The van der Waals surface area contributed by atoms with Gasteiger partial charge in [-0.2, -0.15) is 0 Å². The van der Waals surface area contributed by atoms with Gasteiger partial charge in [-0.1, -0.05) is 0 Å². The average Bonchev–Trinajstić information content (AvgIpc) is 2.45. The first-order valence-electron chi connectivity index (χ1n) is 3.82. The van der Waals surface area contributed by atoms with E-state index in [1.807, 2.05) is 0 Å². The van der Waals surface area contributed by atoms with E-state index in [-0.39, 0.29) is 5.84 Å². The molecule has 1 aliphatic heterocycles. The summed E-state index contributed by atoms with van der Waals surface area (Å²) in [7, 11) is 0. The largest absolute Gasteiger partial charge is 0.435 e. The third-order valence-corrected chi connectivity index (χ3v) is 2.38. The van der Waals surface area contributed by atoms with Crippen LogP contribution in [0.25, 0.3) is 0 Å². The zero-order valence-electron chi connectivity index (χ0n) is 6.14. The number of hydrogen-bond acceptors (Lipinski definition) is 3. The monoisotopic (exact) mass is 154 g/mol. The highest BCUT2D eigenvalue weighted by Gasteiger charge is 2.47. The molecule has 1 amide bonds. The fraction of sp³-hybridized carbons (Fsp3) is 0.714. The SMILES string of the molecule is N=C1NC(=O)OC12CCCC2. The predicted molar refractivity (Wildman–Crippen MR) is 38.5 cm³/mol. The molecule has 2 rings (SSSR count). The molecule has 0 aromatic rings. The summed E-state index contributed by atoms with van der Waals surface area (Å²) in [5, 5.41) is 9.84. The van der Waals surface area contributed by atoms with Crippen LogP contribution >= 0.6 is 0 Å². The number of alkyl carbamates (subject to hydrolysis) is 1. The fourth-order valence-electron chi connectivity index (χ4n) is 1.77. The van der Waals surface area contributed by atoms with Crippen LogP contribution in [0.4, 0.5) is 4.79 Å². The molecule has 0 aromatic carbocycles. The Morgan fingerprint density at radius 1 is 1.45 bits per heavy atom. The maximum absolute atomic E-state index is 10.7. The van der Waals surface area contributed by atoms with E-state index in [1.165, 1.54) is 0 Å². The van der Waals surface area contributed by atoms with Crippen molar-refractivity contribution in [2.24, 2.45) is 0 Å².